The molecule has 2 aromatic heterocycles. The van der Waals surface area contributed by atoms with E-state index in [1.54, 1.807) is 46.3 Å². The maximum atomic E-state index is 10.1. The summed E-state index contributed by atoms with van der Waals surface area (Å²) in [5, 5.41) is 24.7. The number of aliphatic hydroxyl groups is 1. The van der Waals surface area contributed by atoms with E-state index in [0.29, 0.717) is 70.5 Å². The molecule has 1 fully saturated rings. The minimum Gasteiger partial charge on any atom is -0.491 e. The van der Waals surface area contributed by atoms with Crippen molar-refractivity contribution in [2.24, 2.45) is 0 Å². The van der Waals surface area contributed by atoms with E-state index in [1.165, 1.54) is 0 Å². The lowest BCUT2D eigenvalue weighted by Crippen LogP contribution is -2.52. The fourth-order valence-electron chi connectivity index (χ4n) is 5.22. The number of ether oxygens (including phenoxy) is 2. The van der Waals surface area contributed by atoms with Crippen LogP contribution in [0.15, 0.2) is 30.0 Å². The Hall–Kier alpha value is -3.55. The second-order valence-electron chi connectivity index (χ2n) is 10.8. The highest BCUT2D eigenvalue weighted by Crippen LogP contribution is 2.37. The van der Waals surface area contributed by atoms with Crippen molar-refractivity contribution in [2.75, 3.05) is 57.2 Å². The van der Waals surface area contributed by atoms with E-state index >= 15 is 0 Å². The van der Waals surface area contributed by atoms with Crippen LogP contribution in [0.2, 0.25) is 5.02 Å². The number of rotatable bonds is 12. The van der Waals surface area contributed by atoms with Crippen molar-refractivity contribution in [1.82, 2.24) is 30.6 Å². The van der Waals surface area contributed by atoms with Gasteiger partial charge >= 0.3 is 0 Å². The summed E-state index contributed by atoms with van der Waals surface area (Å²) >= 11 is 12.8. The maximum Gasteiger partial charge on any atom is 0.225 e. The van der Waals surface area contributed by atoms with Gasteiger partial charge in [-0.2, -0.15) is 0 Å². The number of methoxy groups -OCH3 is 1. The fourth-order valence-corrected chi connectivity index (χ4v) is 5.51. The summed E-state index contributed by atoms with van der Waals surface area (Å²) in [6.07, 6.45) is 1.41. The first-order valence-electron chi connectivity index (χ1n) is 14.3. The third-order valence-electron chi connectivity index (χ3n) is 7.78. The number of anilines is 2. The minimum absolute atomic E-state index is 0.0953. The van der Waals surface area contributed by atoms with Gasteiger partial charge < -0.3 is 35.0 Å². The van der Waals surface area contributed by atoms with Crippen LogP contribution in [0.5, 0.6) is 5.75 Å². The van der Waals surface area contributed by atoms with E-state index in [9.17, 15) is 5.11 Å². The first kappa shape index (κ1) is 31.9. The van der Waals surface area contributed by atoms with Crippen molar-refractivity contribution in [1.29, 1.82) is 5.41 Å². The largest absolute Gasteiger partial charge is 0.491 e. The molecule has 0 spiro atoms. The summed E-state index contributed by atoms with van der Waals surface area (Å²) < 4.78 is 11.3. The number of allylic oxidation sites excluding steroid dienone is 1. The van der Waals surface area contributed by atoms with Crippen LogP contribution in [0.25, 0.3) is 17.1 Å². The zero-order valence-electron chi connectivity index (χ0n) is 25.4. The van der Waals surface area contributed by atoms with Crippen LogP contribution in [0, 0.1) is 12.3 Å². The normalized spacial score (nSPS) is 15.9. The monoisotopic (exact) mass is 641 g/mol. The summed E-state index contributed by atoms with van der Waals surface area (Å²) in [5.74, 6) is 2.29. The molecule has 2 aliphatic rings. The van der Waals surface area contributed by atoms with E-state index in [2.05, 4.69) is 25.4 Å². The Morgan fingerprint density at radius 2 is 1.95 bits per heavy atom. The standard InChI is InChI=1S/C30H37Cl2N9O3/c1-16(27(32)33)25(35-4)26-17(2)29(40-11-18-9-36-30(37-24(18)14-40)41-12-21(13-41)43-5)39-28(38-26)22-8-20(6-7-23(22)31)44-15-19(42)10-34-3/h6-9,19,21,33-35,42H,10-15H2,1-5H3/b25-16-,33-27?/t19-/m1/s1. The summed E-state index contributed by atoms with van der Waals surface area (Å²) in [6.45, 7) is 6.86. The smallest absolute Gasteiger partial charge is 0.225 e. The average molecular weight is 643 g/mol. The molecule has 0 aliphatic carbocycles. The molecule has 4 heterocycles. The van der Waals surface area contributed by atoms with Gasteiger partial charge in [-0.1, -0.05) is 23.2 Å². The maximum absolute atomic E-state index is 10.1. The summed E-state index contributed by atoms with van der Waals surface area (Å²) in [6, 6.07) is 5.23. The predicted octanol–water partition coefficient (Wildman–Crippen LogP) is 3.38. The molecule has 5 rings (SSSR count). The van der Waals surface area contributed by atoms with Gasteiger partial charge in [0.15, 0.2) is 5.82 Å². The van der Waals surface area contributed by atoms with Gasteiger partial charge in [0.1, 0.15) is 29.4 Å². The van der Waals surface area contributed by atoms with E-state index in [1.807, 2.05) is 13.1 Å². The highest BCUT2D eigenvalue weighted by molar-refractivity contribution is 6.69. The van der Waals surface area contributed by atoms with Crippen LogP contribution in [0.4, 0.5) is 11.8 Å². The van der Waals surface area contributed by atoms with Crippen molar-refractivity contribution in [3.05, 3.63) is 57.5 Å². The number of hydrogen-bond donors (Lipinski definition) is 4. The molecule has 12 nitrogen and oxygen atoms in total. The topological polar surface area (TPSA) is 145 Å². The minimum atomic E-state index is -0.673. The van der Waals surface area contributed by atoms with E-state index in [0.717, 1.165) is 29.9 Å². The zero-order valence-corrected chi connectivity index (χ0v) is 26.9. The van der Waals surface area contributed by atoms with Gasteiger partial charge in [-0.05, 0) is 39.1 Å². The molecule has 234 valence electrons. The van der Waals surface area contributed by atoms with Crippen molar-refractivity contribution in [3.8, 4) is 17.1 Å². The van der Waals surface area contributed by atoms with E-state index in [-0.39, 0.29) is 17.9 Å². The number of hydrogen-bond acceptors (Lipinski definition) is 12. The van der Waals surface area contributed by atoms with Crippen molar-refractivity contribution in [3.63, 3.8) is 0 Å². The molecule has 1 saturated heterocycles. The van der Waals surface area contributed by atoms with Crippen molar-refractivity contribution < 1.29 is 14.6 Å². The first-order valence-corrected chi connectivity index (χ1v) is 15.0. The van der Waals surface area contributed by atoms with Crippen LogP contribution < -0.4 is 25.2 Å². The molecule has 0 saturated carbocycles. The van der Waals surface area contributed by atoms with Gasteiger partial charge in [0, 0.05) is 68.8 Å². The van der Waals surface area contributed by atoms with E-state index in [4.69, 9.17) is 53.0 Å². The van der Waals surface area contributed by atoms with Gasteiger partial charge in [0.2, 0.25) is 5.95 Å². The van der Waals surface area contributed by atoms with Crippen LogP contribution >= 0.6 is 23.2 Å². The average Bonchev–Trinajstić information content (AvgIpc) is 3.41. The number of aromatic nitrogens is 4. The van der Waals surface area contributed by atoms with Crippen molar-refractivity contribution >= 4 is 45.8 Å². The molecule has 0 bridgehead atoms. The number of nitrogens with one attached hydrogen (secondary N) is 3. The van der Waals surface area contributed by atoms with Crippen LogP contribution in [0.3, 0.4) is 0 Å². The van der Waals surface area contributed by atoms with Crippen LogP contribution in [0.1, 0.15) is 29.4 Å². The zero-order chi connectivity index (χ0) is 31.5. The predicted molar refractivity (Wildman–Crippen MR) is 173 cm³/mol. The van der Waals surface area contributed by atoms with Gasteiger partial charge in [-0.15, -0.1) is 0 Å². The highest BCUT2D eigenvalue weighted by atomic mass is 35.5. The summed E-state index contributed by atoms with van der Waals surface area (Å²) in [5.41, 5.74) is 5.07. The van der Waals surface area contributed by atoms with Crippen molar-refractivity contribution in [2.45, 2.75) is 39.1 Å². The highest BCUT2D eigenvalue weighted by Gasteiger charge is 2.31. The molecular formula is C30H37Cl2N9O3. The number of nitrogens with zero attached hydrogens (tertiary/aromatic N) is 6. The third-order valence-corrected chi connectivity index (χ3v) is 8.39. The SMILES string of the molecule is CNC[C@@H](O)COc1ccc(Cl)c(-c2nc(/C(NC)=C(\C)C(=N)Cl)c(C)c(N3Cc4cnc(N5CC(OC)C5)nc4C3)n2)c1. The second-order valence-corrected chi connectivity index (χ2v) is 11.6. The Bertz CT molecular complexity index is 1580. The summed E-state index contributed by atoms with van der Waals surface area (Å²) in [7, 11) is 5.25. The third kappa shape index (κ3) is 6.59. The quantitative estimate of drug-likeness (QED) is 0.216. The van der Waals surface area contributed by atoms with Gasteiger partial charge in [-0.25, -0.2) is 19.9 Å². The molecular weight excluding hydrogens is 605 g/mol. The van der Waals surface area contributed by atoms with E-state index < -0.39 is 6.10 Å². The molecule has 14 heteroatoms. The first-order chi connectivity index (χ1) is 21.1. The molecule has 1 aromatic carbocycles. The molecule has 0 unspecified atom stereocenters. The lowest BCUT2D eigenvalue weighted by molar-refractivity contribution is 0.0778. The number of halogens is 2. The molecule has 4 N–H and O–H groups in total. The Kier molecular flexibility index (Phi) is 9.86. The van der Waals surface area contributed by atoms with Gasteiger partial charge in [-0.3, -0.25) is 5.41 Å². The fraction of sp³-hybridized carbons (Fsp3) is 0.433. The number of fused-ring (bicyclic) bond motifs is 1. The Balaban J connectivity index is 1.54. The Labute approximate surface area is 266 Å². The Morgan fingerprint density at radius 1 is 1.18 bits per heavy atom. The number of likely N-dealkylation sites (N-methyl/N-ethyl adjacent to an activating group) is 1. The molecule has 0 amide bonds. The van der Waals surface area contributed by atoms with Crippen LogP contribution in [-0.2, 0) is 17.8 Å². The molecule has 3 aromatic rings. The summed E-state index contributed by atoms with van der Waals surface area (Å²) in [4.78, 5) is 23.7. The van der Waals surface area contributed by atoms with Gasteiger partial charge in [0.25, 0.3) is 0 Å². The lowest BCUT2D eigenvalue weighted by Gasteiger charge is -2.38. The molecule has 1 atom stereocenters. The van der Waals surface area contributed by atoms with Crippen LogP contribution in [-0.4, -0.2) is 89.9 Å². The molecule has 0 radical (unpaired) electrons. The van der Waals surface area contributed by atoms with Gasteiger partial charge in [0.05, 0.1) is 34.8 Å². The second kappa shape index (κ2) is 13.6. The lowest BCUT2D eigenvalue weighted by atomic mass is 10.1. The number of aliphatic hydroxyl groups excluding tert-OH is 1. The molecule has 44 heavy (non-hydrogen) atoms. The molecule has 2 aliphatic heterocycles. The number of benzene rings is 1. The Morgan fingerprint density at radius 3 is 2.64 bits per heavy atom.